The third-order valence-corrected chi connectivity index (χ3v) is 4.24. The lowest BCUT2D eigenvalue weighted by atomic mass is 10.2. The fourth-order valence-corrected chi connectivity index (χ4v) is 3.27. The van der Waals surface area contributed by atoms with E-state index in [-0.39, 0.29) is 12.4 Å². The van der Waals surface area contributed by atoms with E-state index in [1.807, 2.05) is 0 Å². The number of carbonyl (C=O) groups excluding carboxylic acids is 2. The molecule has 0 heterocycles. The van der Waals surface area contributed by atoms with Gasteiger partial charge in [-0.2, -0.15) is 0 Å². The van der Waals surface area contributed by atoms with E-state index in [4.69, 9.17) is 11.6 Å². The van der Waals surface area contributed by atoms with Crippen molar-refractivity contribution in [2.75, 3.05) is 12.4 Å². The van der Waals surface area contributed by atoms with Gasteiger partial charge in [0.2, 0.25) is 0 Å². The summed E-state index contributed by atoms with van der Waals surface area (Å²) in [5.41, 5.74) is 0.429. The van der Waals surface area contributed by atoms with E-state index in [9.17, 15) is 18.0 Å². The molecule has 0 saturated heterocycles. The zero-order valence-electron chi connectivity index (χ0n) is 11.0. The Morgan fingerprint density at radius 2 is 1.90 bits per heavy atom. The SMILES string of the molecule is CCOC(=O)CC(=O)CS(=O)(=O)Cc1ccccc1Cl. The molecule has 1 aromatic carbocycles. The van der Waals surface area contributed by atoms with Crippen molar-refractivity contribution < 1.29 is 22.7 Å². The first-order chi connectivity index (χ1) is 9.34. The molecule has 5 nitrogen and oxygen atoms in total. The number of halogens is 1. The summed E-state index contributed by atoms with van der Waals surface area (Å²) < 4.78 is 28.3. The maximum Gasteiger partial charge on any atom is 0.313 e. The van der Waals surface area contributed by atoms with Crippen molar-refractivity contribution in [2.45, 2.75) is 19.1 Å². The smallest absolute Gasteiger partial charge is 0.313 e. The summed E-state index contributed by atoms with van der Waals surface area (Å²) in [4.78, 5) is 22.6. The molecule has 0 aromatic heterocycles. The van der Waals surface area contributed by atoms with Crippen molar-refractivity contribution in [1.29, 1.82) is 0 Å². The van der Waals surface area contributed by atoms with E-state index in [1.54, 1.807) is 31.2 Å². The van der Waals surface area contributed by atoms with E-state index in [1.165, 1.54) is 0 Å². The summed E-state index contributed by atoms with van der Waals surface area (Å²) in [7, 11) is -3.66. The number of ketones is 1. The molecule has 0 amide bonds. The van der Waals surface area contributed by atoms with Crippen LogP contribution in [0.15, 0.2) is 24.3 Å². The highest BCUT2D eigenvalue weighted by Gasteiger charge is 2.21. The number of esters is 1. The van der Waals surface area contributed by atoms with Gasteiger partial charge in [0.1, 0.15) is 12.2 Å². The van der Waals surface area contributed by atoms with Gasteiger partial charge < -0.3 is 4.74 Å². The van der Waals surface area contributed by atoms with Gasteiger partial charge in [-0.1, -0.05) is 29.8 Å². The Bertz CT molecular complexity index is 595. The van der Waals surface area contributed by atoms with Crippen LogP contribution in [0.3, 0.4) is 0 Å². The second kappa shape index (κ2) is 7.40. The van der Waals surface area contributed by atoms with Crippen LogP contribution in [0.1, 0.15) is 18.9 Å². The predicted molar refractivity (Wildman–Crippen MR) is 75.2 cm³/mol. The minimum atomic E-state index is -3.66. The molecule has 0 spiro atoms. The van der Waals surface area contributed by atoms with Gasteiger partial charge in [0, 0.05) is 5.02 Å². The molecule has 0 aliphatic carbocycles. The van der Waals surface area contributed by atoms with Crippen molar-refractivity contribution in [2.24, 2.45) is 0 Å². The molecule has 1 rings (SSSR count). The summed E-state index contributed by atoms with van der Waals surface area (Å²) in [6.07, 6.45) is -0.532. The molecule has 0 unspecified atom stereocenters. The van der Waals surface area contributed by atoms with Gasteiger partial charge in [-0.25, -0.2) is 8.42 Å². The summed E-state index contributed by atoms with van der Waals surface area (Å²) in [6, 6.07) is 6.50. The Labute approximate surface area is 122 Å². The quantitative estimate of drug-likeness (QED) is 0.565. The van der Waals surface area contributed by atoms with Crippen molar-refractivity contribution in [3.63, 3.8) is 0 Å². The number of Topliss-reactive ketones (excluding diaryl/α,β-unsaturated/α-hetero) is 1. The van der Waals surface area contributed by atoms with Crippen LogP contribution in [0, 0.1) is 0 Å². The topological polar surface area (TPSA) is 77.5 Å². The van der Waals surface area contributed by atoms with Gasteiger partial charge in [0.15, 0.2) is 15.6 Å². The average molecular weight is 319 g/mol. The average Bonchev–Trinajstić information content (AvgIpc) is 2.31. The Kier molecular flexibility index (Phi) is 6.16. The predicted octanol–water partition coefficient (Wildman–Crippen LogP) is 1.78. The van der Waals surface area contributed by atoms with Crippen molar-refractivity contribution in [3.05, 3.63) is 34.9 Å². The van der Waals surface area contributed by atoms with Crippen molar-refractivity contribution in [1.82, 2.24) is 0 Å². The lowest BCUT2D eigenvalue weighted by molar-refractivity contribution is -0.145. The molecule has 0 bridgehead atoms. The summed E-state index contributed by atoms with van der Waals surface area (Å²) in [6.45, 7) is 1.76. The number of sulfone groups is 1. The molecular weight excluding hydrogens is 304 g/mol. The molecule has 1 aromatic rings. The molecule has 7 heteroatoms. The number of hydrogen-bond acceptors (Lipinski definition) is 5. The van der Waals surface area contributed by atoms with Crippen LogP contribution in [0.25, 0.3) is 0 Å². The first-order valence-corrected chi connectivity index (χ1v) is 8.15. The van der Waals surface area contributed by atoms with Gasteiger partial charge in [-0.3, -0.25) is 9.59 Å². The lowest BCUT2D eigenvalue weighted by Crippen LogP contribution is -2.21. The first kappa shape index (κ1) is 16.7. The number of rotatable bonds is 7. The van der Waals surface area contributed by atoms with E-state index in [0.29, 0.717) is 10.6 Å². The zero-order valence-corrected chi connectivity index (χ0v) is 12.5. The number of ether oxygens (including phenoxy) is 1. The molecular formula is C13H15ClO5S. The molecule has 0 aliphatic rings. The maximum atomic E-state index is 11.9. The molecule has 0 atom stereocenters. The largest absolute Gasteiger partial charge is 0.466 e. The van der Waals surface area contributed by atoms with E-state index < -0.39 is 33.8 Å². The van der Waals surface area contributed by atoms with E-state index >= 15 is 0 Å². The second-order valence-electron chi connectivity index (χ2n) is 4.14. The third-order valence-electron chi connectivity index (χ3n) is 2.36. The molecule has 20 heavy (non-hydrogen) atoms. The summed E-state index contributed by atoms with van der Waals surface area (Å²) in [5, 5.41) is 0.328. The maximum absolute atomic E-state index is 11.9. The van der Waals surface area contributed by atoms with Gasteiger partial charge >= 0.3 is 5.97 Å². The number of benzene rings is 1. The fraction of sp³-hybridized carbons (Fsp3) is 0.385. The molecule has 0 saturated carbocycles. The van der Waals surface area contributed by atoms with Crippen molar-refractivity contribution in [3.8, 4) is 0 Å². The van der Waals surface area contributed by atoms with Gasteiger partial charge in [0.05, 0.1) is 12.4 Å². The first-order valence-electron chi connectivity index (χ1n) is 5.95. The Morgan fingerprint density at radius 3 is 2.50 bits per heavy atom. The minimum absolute atomic E-state index is 0.151. The Balaban J connectivity index is 2.64. The Morgan fingerprint density at radius 1 is 1.25 bits per heavy atom. The summed E-state index contributed by atoms with van der Waals surface area (Å²) in [5.74, 6) is -2.43. The van der Waals surface area contributed by atoms with Gasteiger partial charge in [-0.05, 0) is 18.6 Å². The van der Waals surface area contributed by atoms with Crippen LogP contribution in [0.5, 0.6) is 0 Å². The molecule has 110 valence electrons. The monoisotopic (exact) mass is 318 g/mol. The molecule has 0 fully saturated rings. The van der Waals surface area contributed by atoms with Crippen LogP contribution in [0.2, 0.25) is 5.02 Å². The van der Waals surface area contributed by atoms with E-state index in [0.717, 1.165) is 0 Å². The van der Waals surface area contributed by atoms with Crippen molar-refractivity contribution >= 4 is 33.2 Å². The lowest BCUT2D eigenvalue weighted by Gasteiger charge is -2.06. The van der Waals surface area contributed by atoms with Gasteiger partial charge in [-0.15, -0.1) is 0 Å². The highest BCUT2D eigenvalue weighted by Crippen LogP contribution is 2.18. The zero-order chi connectivity index (χ0) is 15.2. The number of hydrogen-bond donors (Lipinski definition) is 0. The Hall–Kier alpha value is -1.40. The van der Waals surface area contributed by atoms with Gasteiger partial charge in [0.25, 0.3) is 0 Å². The highest BCUT2D eigenvalue weighted by atomic mass is 35.5. The summed E-state index contributed by atoms with van der Waals surface area (Å²) >= 11 is 5.87. The van der Waals surface area contributed by atoms with Crippen LogP contribution >= 0.6 is 11.6 Å². The van der Waals surface area contributed by atoms with Crippen LogP contribution < -0.4 is 0 Å². The molecule has 0 aliphatic heterocycles. The van der Waals surface area contributed by atoms with Crippen LogP contribution in [-0.2, 0) is 29.9 Å². The third kappa shape index (κ3) is 5.71. The fourth-order valence-electron chi connectivity index (χ4n) is 1.57. The van der Waals surface area contributed by atoms with E-state index in [2.05, 4.69) is 4.74 Å². The van der Waals surface area contributed by atoms with Crippen LogP contribution in [0.4, 0.5) is 0 Å². The second-order valence-corrected chi connectivity index (χ2v) is 6.62. The van der Waals surface area contributed by atoms with Crippen LogP contribution in [-0.4, -0.2) is 32.5 Å². The normalized spacial score (nSPS) is 11.1. The molecule has 0 N–H and O–H groups in total. The highest BCUT2D eigenvalue weighted by molar-refractivity contribution is 7.91. The molecule has 0 radical (unpaired) electrons. The standard InChI is InChI=1S/C13H15ClO5S/c1-2-19-13(16)7-11(15)9-20(17,18)8-10-5-3-4-6-12(10)14/h3-6H,2,7-9H2,1H3. The minimum Gasteiger partial charge on any atom is -0.466 e. The number of carbonyl (C=O) groups is 2.